The number of aryl methyl sites for hydroxylation is 2. The number of fused-ring (bicyclic) bond motifs is 1. The molecule has 0 fully saturated rings. The molecule has 20 heavy (non-hydrogen) atoms. The Labute approximate surface area is 117 Å². The summed E-state index contributed by atoms with van der Waals surface area (Å²) in [4.78, 5) is 0. The minimum Gasteiger partial charge on any atom is -0.377 e. The number of nitriles is 1. The second-order valence-corrected chi connectivity index (χ2v) is 5.19. The Hall–Kier alpha value is -2.34. The Kier molecular flexibility index (Phi) is 3.15. The summed E-state index contributed by atoms with van der Waals surface area (Å²) in [6.45, 7) is 1.93. The van der Waals surface area contributed by atoms with Gasteiger partial charge in [0.1, 0.15) is 11.9 Å². The van der Waals surface area contributed by atoms with Crippen LogP contribution in [0.4, 0.5) is 10.1 Å². The predicted molar refractivity (Wildman–Crippen MR) is 77.0 cm³/mol. The van der Waals surface area contributed by atoms with Gasteiger partial charge in [-0.2, -0.15) is 5.26 Å². The first-order chi connectivity index (χ1) is 9.69. The average molecular weight is 266 g/mol. The minimum absolute atomic E-state index is 0.152. The molecule has 0 bridgehead atoms. The summed E-state index contributed by atoms with van der Waals surface area (Å²) in [5.74, 6) is -0.183. The molecule has 1 aliphatic rings. The number of benzene rings is 2. The van der Waals surface area contributed by atoms with Gasteiger partial charge in [0.25, 0.3) is 0 Å². The Bertz CT molecular complexity index is 701. The largest absolute Gasteiger partial charge is 0.377 e. The van der Waals surface area contributed by atoms with E-state index in [9.17, 15) is 9.65 Å². The molecule has 2 aromatic rings. The zero-order valence-corrected chi connectivity index (χ0v) is 11.3. The maximum absolute atomic E-state index is 13.2. The van der Waals surface area contributed by atoms with Crippen LogP contribution < -0.4 is 5.32 Å². The van der Waals surface area contributed by atoms with Gasteiger partial charge in [-0.25, -0.2) is 4.39 Å². The fourth-order valence-corrected chi connectivity index (χ4v) is 2.86. The van der Waals surface area contributed by atoms with Crippen molar-refractivity contribution in [2.24, 2.45) is 0 Å². The standard InChI is InChI=1S/C17H15FN2/c1-11-3-2-4-16(15(11)10-19)20-17-8-5-12-9-13(18)6-7-14(12)17/h2-4,6-7,9,17,20H,5,8H2,1H3. The van der Waals surface area contributed by atoms with E-state index in [1.807, 2.05) is 31.2 Å². The van der Waals surface area contributed by atoms with E-state index in [4.69, 9.17) is 0 Å². The summed E-state index contributed by atoms with van der Waals surface area (Å²) in [7, 11) is 0. The van der Waals surface area contributed by atoms with Crippen LogP contribution in [-0.2, 0) is 6.42 Å². The van der Waals surface area contributed by atoms with E-state index in [0.29, 0.717) is 5.56 Å². The molecule has 1 aliphatic carbocycles. The van der Waals surface area contributed by atoms with E-state index in [2.05, 4.69) is 11.4 Å². The highest BCUT2D eigenvalue weighted by Gasteiger charge is 2.23. The van der Waals surface area contributed by atoms with Crippen molar-refractivity contribution < 1.29 is 4.39 Å². The van der Waals surface area contributed by atoms with E-state index in [0.717, 1.165) is 35.2 Å². The van der Waals surface area contributed by atoms with E-state index < -0.39 is 0 Å². The quantitative estimate of drug-likeness (QED) is 0.888. The lowest BCUT2D eigenvalue weighted by Gasteiger charge is -2.17. The summed E-state index contributed by atoms with van der Waals surface area (Å²) >= 11 is 0. The third-order valence-electron chi connectivity index (χ3n) is 3.90. The first-order valence-corrected chi connectivity index (χ1v) is 6.73. The van der Waals surface area contributed by atoms with E-state index >= 15 is 0 Å². The minimum atomic E-state index is -0.183. The van der Waals surface area contributed by atoms with E-state index in [1.54, 1.807) is 6.07 Å². The molecule has 0 spiro atoms. The molecule has 0 amide bonds. The number of anilines is 1. The zero-order valence-electron chi connectivity index (χ0n) is 11.3. The van der Waals surface area contributed by atoms with Crippen LogP contribution in [0.25, 0.3) is 0 Å². The Morgan fingerprint density at radius 3 is 2.95 bits per heavy atom. The van der Waals surface area contributed by atoms with Crippen molar-refractivity contribution in [2.75, 3.05) is 5.32 Å². The summed E-state index contributed by atoms with van der Waals surface area (Å²) in [6.07, 6.45) is 1.80. The van der Waals surface area contributed by atoms with Crippen molar-refractivity contribution >= 4 is 5.69 Å². The van der Waals surface area contributed by atoms with Gasteiger partial charge in [-0.05, 0) is 54.7 Å². The van der Waals surface area contributed by atoms with Crippen LogP contribution in [0.2, 0.25) is 0 Å². The second-order valence-electron chi connectivity index (χ2n) is 5.19. The highest BCUT2D eigenvalue weighted by atomic mass is 19.1. The lowest BCUT2D eigenvalue weighted by molar-refractivity contribution is 0.626. The molecule has 0 radical (unpaired) electrons. The van der Waals surface area contributed by atoms with Crippen LogP contribution in [0.3, 0.4) is 0 Å². The average Bonchev–Trinajstić information content (AvgIpc) is 2.81. The molecule has 0 saturated carbocycles. The molecular formula is C17H15FN2. The topological polar surface area (TPSA) is 35.8 Å². The van der Waals surface area contributed by atoms with Crippen molar-refractivity contribution in [3.63, 3.8) is 0 Å². The molecule has 1 atom stereocenters. The second kappa shape index (κ2) is 4.97. The number of nitrogens with zero attached hydrogens (tertiary/aromatic N) is 1. The van der Waals surface area contributed by atoms with Gasteiger partial charge < -0.3 is 5.32 Å². The van der Waals surface area contributed by atoms with Gasteiger partial charge in [0.2, 0.25) is 0 Å². The molecule has 2 aromatic carbocycles. The van der Waals surface area contributed by atoms with Crippen LogP contribution in [-0.4, -0.2) is 0 Å². The van der Waals surface area contributed by atoms with Gasteiger partial charge in [-0.3, -0.25) is 0 Å². The molecular weight excluding hydrogens is 251 g/mol. The van der Waals surface area contributed by atoms with Crippen molar-refractivity contribution in [1.29, 1.82) is 5.26 Å². The van der Waals surface area contributed by atoms with Gasteiger partial charge in [-0.1, -0.05) is 18.2 Å². The fraction of sp³-hybridized carbons (Fsp3) is 0.235. The lowest BCUT2D eigenvalue weighted by atomic mass is 10.0. The van der Waals surface area contributed by atoms with Gasteiger partial charge in [0.15, 0.2) is 0 Å². The Morgan fingerprint density at radius 1 is 1.30 bits per heavy atom. The van der Waals surface area contributed by atoms with E-state index in [-0.39, 0.29) is 11.9 Å². The maximum atomic E-state index is 13.2. The first-order valence-electron chi connectivity index (χ1n) is 6.73. The summed E-state index contributed by atoms with van der Waals surface area (Å²) in [6, 6.07) is 13.2. The lowest BCUT2D eigenvalue weighted by Crippen LogP contribution is -2.08. The van der Waals surface area contributed by atoms with Crippen molar-refractivity contribution in [3.8, 4) is 6.07 Å². The molecule has 100 valence electrons. The third-order valence-corrected chi connectivity index (χ3v) is 3.90. The molecule has 3 heteroatoms. The molecule has 1 unspecified atom stereocenters. The number of hydrogen-bond acceptors (Lipinski definition) is 2. The maximum Gasteiger partial charge on any atom is 0.123 e. The zero-order chi connectivity index (χ0) is 14.1. The number of halogens is 1. The first kappa shape index (κ1) is 12.7. The van der Waals surface area contributed by atoms with Gasteiger partial charge >= 0.3 is 0 Å². The summed E-state index contributed by atoms with van der Waals surface area (Å²) < 4.78 is 13.2. The highest BCUT2D eigenvalue weighted by Crippen LogP contribution is 2.35. The number of nitrogens with one attached hydrogen (secondary N) is 1. The monoisotopic (exact) mass is 266 g/mol. The van der Waals surface area contributed by atoms with Crippen molar-refractivity contribution in [1.82, 2.24) is 0 Å². The third kappa shape index (κ3) is 2.14. The molecule has 0 aliphatic heterocycles. The van der Waals surface area contributed by atoms with Crippen molar-refractivity contribution in [3.05, 3.63) is 64.5 Å². The van der Waals surface area contributed by atoms with E-state index in [1.165, 1.54) is 6.07 Å². The van der Waals surface area contributed by atoms with Crippen LogP contribution >= 0.6 is 0 Å². The van der Waals surface area contributed by atoms with Gasteiger partial charge in [-0.15, -0.1) is 0 Å². The molecule has 0 saturated heterocycles. The summed E-state index contributed by atoms with van der Waals surface area (Å²) in [5, 5.41) is 12.7. The molecule has 3 rings (SSSR count). The van der Waals surface area contributed by atoms with Crippen LogP contribution in [0.15, 0.2) is 36.4 Å². The van der Waals surface area contributed by atoms with Crippen LogP contribution in [0, 0.1) is 24.1 Å². The normalized spacial score (nSPS) is 16.6. The highest BCUT2D eigenvalue weighted by molar-refractivity contribution is 5.62. The molecule has 0 heterocycles. The van der Waals surface area contributed by atoms with Gasteiger partial charge in [0, 0.05) is 0 Å². The molecule has 0 aromatic heterocycles. The molecule has 2 nitrogen and oxygen atoms in total. The Balaban J connectivity index is 1.92. The summed E-state index contributed by atoms with van der Waals surface area (Å²) in [5.41, 5.74) is 4.71. The van der Waals surface area contributed by atoms with Crippen LogP contribution in [0.1, 0.15) is 34.7 Å². The SMILES string of the molecule is Cc1cccc(NC2CCc3cc(F)ccc32)c1C#N. The fourth-order valence-electron chi connectivity index (χ4n) is 2.86. The predicted octanol–water partition coefficient (Wildman–Crippen LogP) is 4.11. The van der Waals surface area contributed by atoms with Crippen molar-refractivity contribution in [2.45, 2.75) is 25.8 Å². The number of rotatable bonds is 2. The van der Waals surface area contributed by atoms with Crippen LogP contribution in [0.5, 0.6) is 0 Å². The molecule has 1 N–H and O–H groups in total. The smallest absolute Gasteiger partial charge is 0.123 e. The van der Waals surface area contributed by atoms with Gasteiger partial charge in [0.05, 0.1) is 17.3 Å². The Morgan fingerprint density at radius 2 is 2.15 bits per heavy atom. The number of hydrogen-bond donors (Lipinski definition) is 1.